The van der Waals surface area contributed by atoms with E-state index in [-0.39, 0.29) is 0 Å². The first-order chi connectivity index (χ1) is 5.39. The summed E-state index contributed by atoms with van der Waals surface area (Å²) >= 11 is 0. The molecule has 11 heavy (non-hydrogen) atoms. The maximum absolute atomic E-state index is 2.31. The van der Waals surface area contributed by atoms with E-state index in [4.69, 9.17) is 0 Å². The van der Waals surface area contributed by atoms with E-state index in [1.807, 2.05) is 27.7 Å². The molecule has 68 valence electrons. The van der Waals surface area contributed by atoms with E-state index in [9.17, 15) is 0 Å². The highest BCUT2D eigenvalue weighted by Crippen LogP contribution is 2.14. The number of hydrogen-bond donors (Lipinski definition) is 0. The van der Waals surface area contributed by atoms with Crippen molar-refractivity contribution >= 4 is 0 Å². The molecule has 0 heterocycles. The van der Waals surface area contributed by atoms with Gasteiger partial charge in [-0.05, 0) is 25.2 Å². The van der Waals surface area contributed by atoms with Crippen LogP contribution in [0.15, 0.2) is 12.2 Å². The van der Waals surface area contributed by atoms with Gasteiger partial charge in [-0.2, -0.15) is 0 Å². The largest absolute Gasteiger partial charge is 0.0883 e. The van der Waals surface area contributed by atoms with Crippen LogP contribution in [0.5, 0.6) is 0 Å². The van der Waals surface area contributed by atoms with Crippen molar-refractivity contribution in [3.05, 3.63) is 12.2 Å². The zero-order valence-electron chi connectivity index (χ0n) is 8.85. The standard InChI is InChI=1S/C7H12.2C2H6/c1-7-5-3-2-4-6-7;2*1-2/h3,5,7H,2,4,6H2,1H3;2*1-2H3. The fraction of sp³-hybridized carbons (Fsp3) is 0.818. The zero-order valence-corrected chi connectivity index (χ0v) is 8.85. The maximum Gasteiger partial charge on any atom is -0.0262 e. The normalized spacial score (nSPS) is 20.6. The Labute approximate surface area is 72.7 Å². The first-order valence-electron chi connectivity index (χ1n) is 5.06. The second-order valence-corrected chi connectivity index (χ2v) is 2.34. The summed E-state index contributed by atoms with van der Waals surface area (Å²) in [6.45, 7) is 10.3. The van der Waals surface area contributed by atoms with Crippen LogP contribution in [-0.4, -0.2) is 0 Å². The topological polar surface area (TPSA) is 0 Å². The highest BCUT2D eigenvalue weighted by molar-refractivity contribution is 4.90. The Morgan fingerprint density at radius 1 is 1.09 bits per heavy atom. The minimum absolute atomic E-state index is 0.855. The van der Waals surface area contributed by atoms with Crippen LogP contribution < -0.4 is 0 Å². The Balaban J connectivity index is 0. The molecular formula is C11H24. The third-order valence-corrected chi connectivity index (χ3v) is 1.49. The lowest BCUT2D eigenvalue weighted by molar-refractivity contribution is 0.584. The van der Waals surface area contributed by atoms with Crippen LogP contribution in [0.1, 0.15) is 53.9 Å². The molecule has 1 aliphatic rings. The van der Waals surface area contributed by atoms with Crippen LogP contribution in [0, 0.1) is 5.92 Å². The van der Waals surface area contributed by atoms with Crippen molar-refractivity contribution in [2.45, 2.75) is 53.9 Å². The lowest BCUT2D eigenvalue weighted by atomic mass is 9.98. The molecule has 0 bridgehead atoms. The molecule has 0 spiro atoms. The second kappa shape index (κ2) is 12.4. The highest BCUT2D eigenvalue weighted by atomic mass is 14.0. The molecule has 0 saturated heterocycles. The average molecular weight is 156 g/mol. The van der Waals surface area contributed by atoms with Gasteiger partial charge in [-0.15, -0.1) is 0 Å². The molecule has 0 fully saturated rings. The van der Waals surface area contributed by atoms with E-state index < -0.39 is 0 Å². The van der Waals surface area contributed by atoms with Crippen molar-refractivity contribution < 1.29 is 0 Å². The average Bonchev–Trinajstić information content (AvgIpc) is 2.13. The lowest BCUT2D eigenvalue weighted by Gasteiger charge is -2.08. The van der Waals surface area contributed by atoms with Crippen molar-refractivity contribution in [3.63, 3.8) is 0 Å². The summed E-state index contributed by atoms with van der Waals surface area (Å²) in [4.78, 5) is 0. The van der Waals surface area contributed by atoms with Crippen molar-refractivity contribution in [1.82, 2.24) is 0 Å². The molecule has 0 nitrogen and oxygen atoms in total. The van der Waals surface area contributed by atoms with Gasteiger partial charge in [-0.1, -0.05) is 46.8 Å². The molecule has 0 aliphatic heterocycles. The SMILES string of the molecule is CC.CC.CC1C=CCCC1. The first kappa shape index (κ1) is 13.3. The predicted molar refractivity (Wildman–Crippen MR) is 54.9 cm³/mol. The van der Waals surface area contributed by atoms with Gasteiger partial charge in [0.25, 0.3) is 0 Å². The van der Waals surface area contributed by atoms with E-state index >= 15 is 0 Å². The molecular weight excluding hydrogens is 132 g/mol. The van der Waals surface area contributed by atoms with Gasteiger partial charge in [0.05, 0.1) is 0 Å². The molecule has 1 aliphatic carbocycles. The summed E-state index contributed by atoms with van der Waals surface area (Å²) in [5, 5.41) is 0. The van der Waals surface area contributed by atoms with Gasteiger partial charge < -0.3 is 0 Å². The summed E-state index contributed by atoms with van der Waals surface area (Å²) in [5.41, 5.74) is 0. The van der Waals surface area contributed by atoms with Crippen molar-refractivity contribution in [2.24, 2.45) is 5.92 Å². The van der Waals surface area contributed by atoms with Crippen LogP contribution in [0.4, 0.5) is 0 Å². The van der Waals surface area contributed by atoms with Crippen LogP contribution in [-0.2, 0) is 0 Å². The van der Waals surface area contributed by atoms with Crippen molar-refractivity contribution in [2.75, 3.05) is 0 Å². The molecule has 0 saturated carbocycles. The highest BCUT2D eigenvalue weighted by Gasteiger charge is 1.98. The quantitative estimate of drug-likeness (QED) is 0.456. The Morgan fingerprint density at radius 3 is 1.82 bits per heavy atom. The van der Waals surface area contributed by atoms with E-state index in [0.29, 0.717) is 0 Å². The number of hydrogen-bond acceptors (Lipinski definition) is 0. The van der Waals surface area contributed by atoms with E-state index in [0.717, 1.165) is 5.92 Å². The molecule has 0 heteroatoms. The van der Waals surface area contributed by atoms with E-state index in [1.54, 1.807) is 0 Å². The van der Waals surface area contributed by atoms with Crippen LogP contribution in [0.3, 0.4) is 0 Å². The summed E-state index contributed by atoms with van der Waals surface area (Å²) < 4.78 is 0. The molecule has 1 atom stereocenters. The third-order valence-electron chi connectivity index (χ3n) is 1.49. The second-order valence-electron chi connectivity index (χ2n) is 2.34. The lowest BCUT2D eigenvalue weighted by Crippen LogP contribution is -1.92. The predicted octanol–water partition coefficient (Wildman–Crippen LogP) is 4.42. The Hall–Kier alpha value is -0.260. The molecule has 0 aromatic heterocycles. The van der Waals surface area contributed by atoms with Gasteiger partial charge in [0.1, 0.15) is 0 Å². The van der Waals surface area contributed by atoms with Crippen LogP contribution in [0.2, 0.25) is 0 Å². The molecule has 0 N–H and O–H groups in total. The summed E-state index contributed by atoms with van der Waals surface area (Å²) in [6.07, 6.45) is 8.70. The van der Waals surface area contributed by atoms with Gasteiger partial charge >= 0.3 is 0 Å². The van der Waals surface area contributed by atoms with Crippen LogP contribution >= 0.6 is 0 Å². The minimum Gasteiger partial charge on any atom is -0.0883 e. The molecule has 0 aromatic rings. The summed E-state index contributed by atoms with van der Waals surface area (Å²) in [5.74, 6) is 0.855. The van der Waals surface area contributed by atoms with Gasteiger partial charge in [0, 0.05) is 0 Å². The molecule has 0 amide bonds. The summed E-state index contributed by atoms with van der Waals surface area (Å²) in [7, 11) is 0. The monoisotopic (exact) mass is 156 g/mol. The maximum atomic E-state index is 2.31. The minimum atomic E-state index is 0.855. The van der Waals surface area contributed by atoms with Gasteiger partial charge in [-0.3, -0.25) is 0 Å². The van der Waals surface area contributed by atoms with E-state index in [1.165, 1.54) is 19.3 Å². The fourth-order valence-electron chi connectivity index (χ4n) is 0.982. The molecule has 0 radical (unpaired) electrons. The fourth-order valence-corrected chi connectivity index (χ4v) is 0.982. The van der Waals surface area contributed by atoms with Crippen molar-refractivity contribution in [3.8, 4) is 0 Å². The van der Waals surface area contributed by atoms with Crippen LogP contribution in [0.25, 0.3) is 0 Å². The van der Waals surface area contributed by atoms with Gasteiger partial charge in [0.15, 0.2) is 0 Å². The molecule has 0 aromatic carbocycles. The summed E-state index contributed by atoms with van der Waals surface area (Å²) in [6, 6.07) is 0. The van der Waals surface area contributed by atoms with Gasteiger partial charge in [0.2, 0.25) is 0 Å². The zero-order chi connectivity index (χ0) is 9.11. The van der Waals surface area contributed by atoms with E-state index in [2.05, 4.69) is 19.1 Å². The Morgan fingerprint density at radius 2 is 1.64 bits per heavy atom. The molecule has 1 unspecified atom stereocenters. The third kappa shape index (κ3) is 9.74. The Kier molecular flexibility index (Phi) is 15.1. The molecule has 1 rings (SSSR count). The first-order valence-corrected chi connectivity index (χ1v) is 5.06. The smallest absolute Gasteiger partial charge is 0.0262 e. The number of rotatable bonds is 0. The number of allylic oxidation sites excluding steroid dienone is 2. The Bertz CT molecular complexity index is 72.1. The van der Waals surface area contributed by atoms with Crippen molar-refractivity contribution in [1.29, 1.82) is 0 Å². The van der Waals surface area contributed by atoms with Gasteiger partial charge in [-0.25, -0.2) is 0 Å².